The SMILES string of the molecule is CCOC(=O)c1ccccc1NC(=O)CN(C(C)=O)c1ccc(Cl)cc1. The molecule has 0 radical (unpaired) electrons. The quantitative estimate of drug-likeness (QED) is 0.785. The van der Waals surface area contributed by atoms with Crippen LogP contribution in [-0.4, -0.2) is 30.9 Å². The average Bonchev–Trinajstić information content (AvgIpc) is 2.61. The summed E-state index contributed by atoms with van der Waals surface area (Å²) in [7, 11) is 0. The van der Waals surface area contributed by atoms with Crippen molar-refractivity contribution in [1.29, 1.82) is 0 Å². The number of hydrogen-bond donors (Lipinski definition) is 1. The zero-order valence-corrected chi connectivity index (χ0v) is 15.2. The fraction of sp³-hybridized carbons (Fsp3) is 0.211. The molecule has 0 aliphatic heterocycles. The van der Waals surface area contributed by atoms with Crippen molar-refractivity contribution in [2.24, 2.45) is 0 Å². The highest BCUT2D eigenvalue weighted by Crippen LogP contribution is 2.19. The highest BCUT2D eigenvalue weighted by molar-refractivity contribution is 6.30. The van der Waals surface area contributed by atoms with Crippen LogP contribution < -0.4 is 10.2 Å². The number of carbonyl (C=O) groups excluding carboxylic acids is 3. The minimum absolute atomic E-state index is 0.200. The van der Waals surface area contributed by atoms with Crippen molar-refractivity contribution in [2.45, 2.75) is 13.8 Å². The number of nitrogens with one attached hydrogen (secondary N) is 1. The molecule has 0 unspecified atom stereocenters. The van der Waals surface area contributed by atoms with Crippen LogP contribution in [0.4, 0.5) is 11.4 Å². The number of benzene rings is 2. The van der Waals surface area contributed by atoms with E-state index in [9.17, 15) is 14.4 Å². The predicted molar refractivity (Wildman–Crippen MR) is 101 cm³/mol. The van der Waals surface area contributed by atoms with Crippen molar-refractivity contribution in [3.63, 3.8) is 0 Å². The van der Waals surface area contributed by atoms with Crippen LogP contribution in [0.1, 0.15) is 24.2 Å². The number of halogens is 1. The van der Waals surface area contributed by atoms with Crippen LogP contribution in [-0.2, 0) is 14.3 Å². The molecule has 6 nitrogen and oxygen atoms in total. The van der Waals surface area contributed by atoms with Gasteiger partial charge in [0.15, 0.2) is 0 Å². The Morgan fingerprint density at radius 3 is 2.35 bits per heavy atom. The molecule has 0 atom stereocenters. The molecule has 2 aromatic carbocycles. The lowest BCUT2D eigenvalue weighted by atomic mass is 10.1. The van der Waals surface area contributed by atoms with Crippen molar-refractivity contribution in [2.75, 3.05) is 23.4 Å². The summed E-state index contributed by atoms with van der Waals surface area (Å²) in [5, 5.41) is 3.19. The Balaban J connectivity index is 2.15. The molecule has 0 saturated carbocycles. The van der Waals surface area contributed by atoms with Gasteiger partial charge in [-0.3, -0.25) is 9.59 Å². The van der Waals surface area contributed by atoms with Gasteiger partial charge in [0.05, 0.1) is 17.9 Å². The van der Waals surface area contributed by atoms with E-state index in [1.807, 2.05) is 0 Å². The molecule has 0 bridgehead atoms. The van der Waals surface area contributed by atoms with E-state index in [2.05, 4.69) is 5.32 Å². The third-order valence-electron chi connectivity index (χ3n) is 3.52. The van der Waals surface area contributed by atoms with E-state index in [1.54, 1.807) is 55.5 Å². The van der Waals surface area contributed by atoms with Gasteiger partial charge in [-0.15, -0.1) is 0 Å². The maximum atomic E-state index is 12.4. The maximum Gasteiger partial charge on any atom is 0.340 e. The largest absolute Gasteiger partial charge is 0.462 e. The number of para-hydroxylation sites is 1. The lowest BCUT2D eigenvalue weighted by Crippen LogP contribution is -2.36. The number of nitrogens with zero attached hydrogens (tertiary/aromatic N) is 1. The topological polar surface area (TPSA) is 75.7 Å². The molecule has 136 valence electrons. The van der Waals surface area contributed by atoms with E-state index < -0.39 is 11.9 Å². The number of ether oxygens (including phenoxy) is 1. The van der Waals surface area contributed by atoms with Gasteiger partial charge < -0.3 is 15.0 Å². The molecule has 1 N–H and O–H groups in total. The van der Waals surface area contributed by atoms with Crippen molar-refractivity contribution >= 4 is 40.8 Å². The Bertz CT molecular complexity index is 805. The second-order valence-corrected chi connectivity index (χ2v) is 5.83. The maximum absolute atomic E-state index is 12.4. The highest BCUT2D eigenvalue weighted by atomic mass is 35.5. The number of amides is 2. The Morgan fingerprint density at radius 2 is 1.73 bits per heavy atom. The molecule has 0 heterocycles. The van der Waals surface area contributed by atoms with Crippen LogP contribution in [0, 0.1) is 0 Å². The summed E-state index contributed by atoms with van der Waals surface area (Å²) in [6.07, 6.45) is 0. The first kappa shape index (κ1) is 19.5. The van der Waals surface area contributed by atoms with Gasteiger partial charge in [0, 0.05) is 17.6 Å². The fourth-order valence-corrected chi connectivity index (χ4v) is 2.44. The molecule has 0 fully saturated rings. The summed E-state index contributed by atoms with van der Waals surface area (Å²) in [4.78, 5) is 37.6. The Morgan fingerprint density at radius 1 is 1.08 bits per heavy atom. The molecule has 0 aromatic heterocycles. The molecule has 0 saturated heterocycles. The van der Waals surface area contributed by atoms with Crippen LogP contribution >= 0.6 is 11.6 Å². The minimum Gasteiger partial charge on any atom is -0.462 e. The van der Waals surface area contributed by atoms with Crippen LogP contribution in [0.2, 0.25) is 5.02 Å². The molecule has 2 rings (SSSR count). The molecule has 26 heavy (non-hydrogen) atoms. The number of rotatable bonds is 6. The van der Waals surface area contributed by atoms with Crippen molar-refractivity contribution in [1.82, 2.24) is 0 Å². The molecule has 7 heteroatoms. The van der Waals surface area contributed by atoms with E-state index >= 15 is 0 Å². The zero-order valence-electron chi connectivity index (χ0n) is 14.5. The van der Waals surface area contributed by atoms with Crippen molar-refractivity contribution < 1.29 is 19.1 Å². The van der Waals surface area contributed by atoms with E-state index in [-0.39, 0.29) is 24.6 Å². The van der Waals surface area contributed by atoms with E-state index in [0.717, 1.165) is 0 Å². The average molecular weight is 375 g/mol. The zero-order chi connectivity index (χ0) is 19.1. The van der Waals surface area contributed by atoms with Crippen LogP contribution in [0.3, 0.4) is 0 Å². The number of esters is 1. The van der Waals surface area contributed by atoms with Gasteiger partial charge in [-0.1, -0.05) is 23.7 Å². The number of anilines is 2. The van der Waals surface area contributed by atoms with Crippen molar-refractivity contribution in [3.05, 3.63) is 59.1 Å². The van der Waals surface area contributed by atoms with Crippen molar-refractivity contribution in [3.8, 4) is 0 Å². The first-order valence-corrected chi connectivity index (χ1v) is 8.39. The smallest absolute Gasteiger partial charge is 0.340 e. The van der Waals surface area contributed by atoms with E-state index in [0.29, 0.717) is 16.4 Å². The minimum atomic E-state index is -0.524. The molecule has 0 spiro atoms. The molecular formula is C19H19ClN2O4. The highest BCUT2D eigenvalue weighted by Gasteiger charge is 2.18. The van der Waals surface area contributed by atoms with Crippen LogP contribution in [0.5, 0.6) is 0 Å². The van der Waals surface area contributed by atoms with Gasteiger partial charge >= 0.3 is 5.97 Å². The first-order chi connectivity index (χ1) is 12.4. The van der Waals surface area contributed by atoms with E-state index in [1.165, 1.54) is 11.8 Å². The van der Waals surface area contributed by atoms with Crippen LogP contribution in [0.25, 0.3) is 0 Å². The van der Waals surface area contributed by atoms with Gasteiger partial charge in [0.25, 0.3) is 0 Å². The molecule has 2 aromatic rings. The van der Waals surface area contributed by atoms with Gasteiger partial charge in [0.1, 0.15) is 6.54 Å². The van der Waals surface area contributed by atoms with Crippen LogP contribution in [0.15, 0.2) is 48.5 Å². The summed E-state index contributed by atoms with van der Waals surface area (Å²) < 4.78 is 4.98. The third-order valence-corrected chi connectivity index (χ3v) is 3.77. The number of hydrogen-bond acceptors (Lipinski definition) is 4. The normalized spacial score (nSPS) is 10.1. The second-order valence-electron chi connectivity index (χ2n) is 5.40. The third kappa shape index (κ3) is 5.07. The summed E-state index contributed by atoms with van der Waals surface area (Å²) >= 11 is 5.86. The van der Waals surface area contributed by atoms with Gasteiger partial charge in [-0.25, -0.2) is 4.79 Å². The molecule has 0 aliphatic carbocycles. The Labute approximate surface area is 156 Å². The predicted octanol–water partition coefficient (Wildman–Crippen LogP) is 3.51. The van der Waals surface area contributed by atoms with E-state index in [4.69, 9.17) is 16.3 Å². The standard InChI is InChI=1S/C19H19ClN2O4/c1-3-26-19(25)16-6-4-5-7-17(16)21-18(24)12-22(13(2)23)15-10-8-14(20)9-11-15/h4-11H,3,12H2,1-2H3,(H,21,24). The Hall–Kier alpha value is -2.86. The molecule has 0 aliphatic rings. The second kappa shape index (κ2) is 9.01. The summed E-state index contributed by atoms with van der Waals surface area (Å²) in [5.41, 5.74) is 1.13. The monoisotopic (exact) mass is 374 g/mol. The summed E-state index contributed by atoms with van der Waals surface area (Å²) in [6, 6.07) is 13.1. The lowest BCUT2D eigenvalue weighted by molar-refractivity contribution is -0.120. The summed E-state index contributed by atoms with van der Waals surface area (Å²) in [5.74, 6) is -1.25. The van der Waals surface area contributed by atoms with Gasteiger partial charge in [-0.05, 0) is 43.3 Å². The molecular weight excluding hydrogens is 356 g/mol. The Kier molecular flexibility index (Phi) is 6.74. The van der Waals surface area contributed by atoms with Gasteiger partial charge in [0.2, 0.25) is 11.8 Å². The lowest BCUT2D eigenvalue weighted by Gasteiger charge is -2.21. The van der Waals surface area contributed by atoms with Gasteiger partial charge in [-0.2, -0.15) is 0 Å². The number of carbonyl (C=O) groups is 3. The first-order valence-electron chi connectivity index (χ1n) is 8.02. The fourth-order valence-electron chi connectivity index (χ4n) is 2.32. The molecule has 2 amide bonds. The summed E-state index contributed by atoms with van der Waals surface area (Å²) in [6.45, 7) is 3.11.